The lowest BCUT2D eigenvalue weighted by Crippen LogP contribution is -2.08. The highest BCUT2D eigenvalue weighted by atomic mass is 32.1. The van der Waals surface area contributed by atoms with Crippen LogP contribution in [0.25, 0.3) is 16.3 Å². The minimum atomic E-state index is -1.11. The van der Waals surface area contributed by atoms with Crippen LogP contribution in [0.15, 0.2) is 42.5 Å². The van der Waals surface area contributed by atoms with E-state index >= 15 is 0 Å². The highest BCUT2D eigenvalue weighted by Crippen LogP contribution is 2.42. The number of hydrogen-bond donors (Lipinski definition) is 2. The number of ether oxygens (including phenoxy) is 2. The second-order valence-electron chi connectivity index (χ2n) is 7.76. The largest absolute Gasteiger partial charge is 0.497 e. The minimum absolute atomic E-state index is 0.0339. The summed E-state index contributed by atoms with van der Waals surface area (Å²) in [6, 6.07) is 12.5. The predicted molar refractivity (Wildman–Crippen MR) is 134 cm³/mol. The van der Waals surface area contributed by atoms with E-state index in [1.165, 1.54) is 38.5 Å². The van der Waals surface area contributed by atoms with Crippen LogP contribution in [0.1, 0.15) is 39.0 Å². The number of rotatable bonds is 8. The van der Waals surface area contributed by atoms with E-state index < -0.39 is 5.97 Å². The van der Waals surface area contributed by atoms with Gasteiger partial charge in [0.1, 0.15) is 16.6 Å². The Bertz CT molecular complexity index is 1440. The molecule has 4 rings (SSSR count). The molecular weight excluding hydrogens is 468 g/mol. The molecule has 0 aliphatic heterocycles. The zero-order valence-electron chi connectivity index (χ0n) is 19.9. The van der Waals surface area contributed by atoms with E-state index in [0.717, 1.165) is 11.3 Å². The maximum atomic E-state index is 12.1. The number of nitrogens with one attached hydrogen (secondary N) is 1. The van der Waals surface area contributed by atoms with Crippen LogP contribution in [0.5, 0.6) is 10.8 Å². The molecule has 0 bridgehead atoms. The van der Waals surface area contributed by atoms with Gasteiger partial charge in [0.25, 0.3) is 0 Å². The molecule has 0 fully saturated rings. The van der Waals surface area contributed by atoms with Gasteiger partial charge in [-0.1, -0.05) is 29.5 Å². The summed E-state index contributed by atoms with van der Waals surface area (Å²) in [5.41, 5.74) is 3.68. The fourth-order valence-corrected chi connectivity index (χ4v) is 4.74. The van der Waals surface area contributed by atoms with Gasteiger partial charge in [-0.25, -0.2) is 14.5 Å². The van der Waals surface area contributed by atoms with Gasteiger partial charge < -0.3 is 19.9 Å². The number of methoxy groups -OCH3 is 2. The predicted octanol–water partition coefficient (Wildman–Crippen LogP) is 5.27. The normalized spacial score (nSPS) is 10.8. The summed E-state index contributed by atoms with van der Waals surface area (Å²) in [5.74, 6) is -0.393. The molecule has 4 aromatic rings. The first-order chi connectivity index (χ1) is 16.7. The van der Waals surface area contributed by atoms with Crippen LogP contribution in [0.2, 0.25) is 0 Å². The van der Waals surface area contributed by atoms with E-state index in [0.29, 0.717) is 38.6 Å². The molecule has 0 saturated carbocycles. The first-order valence-corrected chi connectivity index (χ1v) is 11.5. The SMILES string of the molecule is COc1ccc(Nc2c(-c3nc(C(C)=O)c(OC)s3)c(C)nn2-c2ccccc2C)c(C(=O)O)c1. The van der Waals surface area contributed by atoms with Crippen molar-refractivity contribution >= 4 is 34.6 Å². The van der Waals surface area contributed by atoms with Gasteiger partial charge in [0.15, 0.2) is 11.5 Å². The number of benzene rings is 2. The zero-order valence-corrected chi connectivity index (χ0v) is 20.7. The Balaban J connectivity index is 1.97. The first-order valence-electron chi connectivity index (χ1n) is 10.6. The average Bonchev–Trinajstić information content (AvgIpc) is 3.40. The molecule has 0 atom stereocenters. The van der Waals surface area contributed by atoms with Crippen molar-refractivity contribution in [2.45, 2.75) is 20.8 Å². The number of aromatic carboxylic acids is 1. The molecule has 0 spiro atoms. The summed E-state index contributed by atoms with van der Waals surface area (Å²) in [6.45, 7) is 5.23. The summed E-state index contributed by atoms with van der Waals surface area (Å²) in [5, 5.41) is 18.8. The Kier molecular flexibility index (Phi) is 6.57. The number of carboxylic acids is 1. The highest BCUT2D eigenvalue weighted by Gasteiger charge is 2.26. The van der Waals surface area contributed by atoms with E-state index in [2.05, 4.69) is 10.3 Å². The molecule has 2 heterocycles. The highest BCUT2D eigenvalue weighted by molar-refractivity contribution is 7.17. The molecule has 9 nitrogen and oxygen atoms in total. The van der Waals surface area contributed by atoms with Gasteiger partial charge in [-0.3, -0.25) is 4.79 Å². The summed E-state index contributed by atoms with van der Waals surface area (Å²) in [4.78, 5) is 28.7. The minimum Gasteiger partial charge on any atom is -0.497 e. The zero-order chi connectivity index (χ0) is 25.3. The van der Waals surface area contributed by atoms with Crippen LogP contribution in [0.4, 0.5) is 11.5 Å². The number of carboxylic acid groups (broad SMARTS) is 1. The lowest BCUT2D eigenvalue weighted by Gasteiger charge is -2.15. The number of anilines is 2. The van der Waals surface area contributed by atoms with Gasteiger partial charge >= 0.3 is 5.97 Å². The molecule has 0 unspecified atom stereocenters. The van der Waals surface area contributed by atoms with Gasteiger partial charge in [-0.15, -0.1) is 0 Å². The van der Waals surface area contributed by atoms with Crippen LogP contribution in [0, 0.1) is 13.8 Å². The van der Waals surface area contributed by atoms with Gasteiger partial charge in [0.05, 0.1) is 42.4 Å². The Morgan fingerprint density at radius 2 is 1.83 bits per heavy atom. The van der Waals surface area contributed by atoms with Crippen molar-refractivity contribution in [2.24, 2.45) is 0 Å². The number of aryl methyl sites for hydroxylation is 2. The monoisotopic (exact) mass is 492 g/mol. The number of aromatic nitrogens is 3. The molecule has 0 saturated heterocycles. The van der Waals surface area contributed by atoms with Crippen LogP contribution in [0.3, 0.4) is 0 Å². The molecule has 2 aromatic heterocycles. The van der Waals surface area contributed by atoms with Crippen LogP contribution >= 0.6 is 11.3 Å². The number of thiazole rings is 1. The summed E-state index contributed by atoms with van der Waals surface area (Å²) in [6.07, 6.45) is 0. The lowest BCUT2D eigenvalue weighted by atomic mass is 10.1. The summed E-state index contributed by atoms with van der Waals surface area (Å²) < 4.78 is 12.3. The van der Waals surface area contributed by atoms with E-state index in [1.807, 2.05) is 38.1 Å². The van der Waals surface area contributed by atoms with Crippen molar-refractivity contribution < 1.29 is 24.2 Å². The Morgan fingerprint density at radius 3 is 2.43 bits per heavy atom. The van der Waals surface area contributed by atoms with Crippen molar-refractivity contribution in [3.05, 3.63) is 65.0 Å². The summed E-state index contributed by atoms with van der Waals surface area (Å²) in [7, 11) is 2.97. The molecule has 0 aliphatic carbocycles. The third-order valence-electron chi connectivity index (χ3n) is 5.44. The fourth-order valence-electron chi connectivity index (χ4n) is 3.71. The second kappa shape index (κ2) is 9.59. The molecule has 0 amide bonds. The molecule has 35 heavy (non-hydrogen) atoms. The van der Waals surface area contributed by atoms with E-state index in [-0.39, 0.29) is 17.0 Å². The maximum absolute atomic E-state index is 12.1. The molecule has 2 aromatic carbocycles. The quantitative estimate of drug-likeness (QED) is 0.320. The van der Waals surface area contributed by atoms with E-state index in [1.54, 1.807) is 16.8 Å². The average molecular weight is 493 g/mol. The number of nitrogens with zero attached hydrogens (tertiary/aromatic N) is 3. The van der Waals surface area contributed by atoms with Crippen molar-refractivity contribution in [3.8, 4) is 27.1 Å². The fraction of sp³-hybridized carbons (Fsp3) is 0.200. The number of Topliss-reactive ketones (excluding diaryl/α,β-unsaturated/α-hetero) is 1. The van der Waals surface area contributed by atoms with E-state index in [4.69, 9.17) is 14.6 Å². The van der Waals surface area contributed by atoms with Crippen molar-refractivity contribution in [1.29, 1.82) is 0 Å². The molecule has 0 aliphatic rings. The van der Waals surface area contributed by atoms with Crippen molar-refractivity contribution in [2.75, 3.05) is 19.5 Å². The number of ketones is 1. The maximum Gasteiger partial charge on any atom is 0.337 e. The third-order valence-corrected chi connectivity index (χ3v) is 6.48. The van der Waals surface area contributed by atoms with Crippen LogP contribution in [-0.2, 0) is 0 Å². The number of para-hydroxylation sites is 1. The van der Waals surface area contributed by atoms with Crippen LogP contribution in [-0.4, -0.2) is 45.8 Å². The number of carbonyl (C=O) groups excluding carboxylic acids is 1. The van der Waals surface area contributed by atoms with Crippen molar-refractivity contribution in [1.82, 2.24) is 14.8 Å². The molecule has 10 heteroatoms. The smallest absolute Gasteiger partial charge is 0.337 e. The van der Waals surface area contributed by atoms with Gasteiger partial charge in [-0.05, 0) is 43.7 Å². The van der Waals surface area contributed by atoms with Gasteiger partial charge in [0.2, 0.25) is 5.06 Å². The number of hydrogen-bond acceptors (Lipinski definition) is 8. The first kappa shape index (κ1) is 24.0. The standard InChI is InChI=1S/C25H24N4O5S/c1-13-8-6-7-9-19(13)29-22(26-18-11-10-16(33-4)12-17(18)24(31)32)20(14(2)28-29)23-27-21(15(3)30)25(34-5)35-23/h6-12,26H,1-5H3,(H,31,32). The summed E-state index contributed by atoms with van der Waals surface area (Å²) >= 11 is 1.23. The molecule has 2 N–H and O–H groups in total. The van der Waals surface area contributed by atoms with Gasteiger partial charge in [0, 0.05) is 6.92 Å². The number of carbonyl (C=O) groups is 2. The Labute approximate surface area is 206 Å². The van der Waals surface area contributed by atoms with Crippen LogP contribution < -0.4 is 14.8 Å². The molecule has 180 valence electrons. The molecule has 0 radical (unpaired) electrons. The third kappa shape index (κ3) is 4.47. The second-order valence-corrected chi connectivity index (χ2v) is 8.73. The molecular formula is C25H24N4O5S. The Morgan fingerprint density at radius 1 is 1.09 bits per heavy atom. The topological polar surface area (TPSA) is 116 Å². The van der Waals surface area contributed by atoms with Crippen molar-refractivity contribution in [3.63, 3.8) is 0 Å². The van der Waals surface area contributed by atoms with E-state index in [9.17, 15) is 14.7 Å². The Hall–Kier alpha value is -4.18. The lowest BCUT2D eigenvalue weighted by molar-refractivity contribution is 0.0697. The van der Waals surface area contributed by atoms with Gasteiger partial charge in [-0.2, -0.15) is 5.10 Å².